The fourth-order valence-corrected chi connectivity index (χ4v) is 2.74. The molecule has 0 bridgehead atoms. The van der Waals surface area contributed by atoms with E-state index in [1.807, 2.05) is 31.2 Å². The highest BCUT2D eigenvalue weighted by Crippen LogP contribution is 2.30. The first kappa shape index (κ1) is 15.5. The van der Waals surface area contributed by atoms with Gasteiger partial charge in [0.15, 0.2) is 5.82 Å². The Morgan fingerprint density at radius 2 is 2.17 bits per heavy atom. The molecule has 0 fully saturated rings. The van der Waals surface area contributed by atoms with Crippen LogP contribution in [0.4, 0.5) is 11.4 Å². The minimum Gasteiger partial charge on any atom is -0.360 e. The number of hydrogen-bond acceptors (Lipinski definition) is 5. The van der Waals surface area contributed by atoms with Gasteiger partial charge in [0.1, 0.15) is 0 Å². The molecule has 3 rings (SSSR count). The number of hydrogen-bond donors (Lipinski definition) is 1. The number of amides is 1. The molecule has 23 heavy (non-hydrogen) atoms. The molecule has 0 saturated carbocycles. The molecule has 2 aromatic rings. The fourth-order valence-electron chi connectivity index (χ4n) is 2.74. The molecule has 1 aliphatic heterocycles. The SMILES string of the molecule is CC(C)Cc1noc(CN2CC(C)C(=O)Nc3ccccc32)n1. The highest BCUT2D eigenvalue weighted by molar-refractivity contribution is 5.97. The lowest BCUT2D eigenvalue weighted by Gasteiger charge is -2.23. The number of rotatable bonds is 4. The predicted molar refractivity (Wildman–Crippen MR) is 88.1 cm³/mol. The molecular formula is C17H22N4O2. The molecule has 1 aliphatic rings. The molecule has 2 heterocycles. The normalized spacial score (nSPS) is 17.8. The average Bonchev–Trinajstić information content (AvgIpc) is 2.88. The van der Waals surface area contributed by atoms with Gasteiger partial charge >= 0.3 is 0 Å². The Morgan fingerprint density at radius 3 is 2.96 bits per heavy atom. The van der Waals surface area contributed by atoms with Gasteiger partial charge in [0.05, 0.1) is 23.8 Å². The van der Waals surface area contributed by atoms with Crippen LogP contribution in [0.1, 0.15) is 32.5 Å². The summed E-state index contributed by atoms with van der Waals surface area (Å²) >= 11 is 0. The van der Waals surface area contributed by atoms with E-state index in [4.69, 9.17) is 4.52 Å². The third-order valence-corrected chi connectivity index (χ3v) is 3.87. The molecule has 1 amide bonds. The molecule has 1 atom stereocenters. The molecular weight excluding hydrogens is 292 g/mol. The van der Waals surface area contributed by atoms with Crippen LogP contribution in [0.15, 0.2) is 28.8 Å². The number of nitrogens with one attached hydrogen (secondary N) is 1. The van der Waals surface area contributed by atoms with Crippen molar-refractivity contribution < 1.29 is 9.32 Å². The van der Waals surface area contributed by atoms with Crippen LogP contribution in [0.25, 0.3) is 0 Å². The minimum atomic E-state index is -0.111. The van der Waals surface area contributed by atoms with Crippen molar-refractivity contribution in [2.75, 3.05) is 16.8 Å². The number of carbonyl (C=O) groups is 1. The molecule has 1 aromatic heterocycles. The van der Waals surface area contributed by atoms with Crippen LogP contribution in [-0.4, -0.2) is 22.6 Å². The first-order valence-electron chi connectivity index (χ1n) is 7.99. The van der Waals surface area contributed by atoms with Gasteiger partial charge in [0, 0.05) is 13.0 Å². The Kier molecular flexibility index (Phi) is 4.32. The maximum atomic E-state index is 12.1. The summed E-state index contributed by atoms with van der Waals surface area (Å²) in [6.07, 6.45) is 0.802. The Labute approximate surface area is 135 Å². The second kappa shape index (κ2) is 6.40. The standard InChI is InChI=1S/C17H22N4O2/c1-11(2)8-15-19-16(23-20-15)10-21-9-12(3)17(22)18-13-6-4-5-7-14(13)21/h4-7,11-12H,8-10H2,1-3H3,(H,18,22). The first-order valence-corrected chi connectivity index (χ1v) is 7.99. The molecule has 0 radical (unpaired) electrons. The number of nitrogens with zero attached hydrogens (tertiary/aromatic N) is 3. The Hall–Kier alpha value is -2.37. The van der Waals surface area contributed by atoms with Crippen LogP contribution in [0.2, 0.25) is 0 Å². The van der Waals surface area contributed by atoms with E-state index >= 15 is 0 Å². The lowest BCUT2D eigenvalue weighted by atomic mass is 10.1. The zero-order valence-electron chi connectivity index (χ0n) is 13.7. The molecule has 0 spiro atoms. The van der Waals surface area contributed by atoms with E-state index in [0.29, 0.717) is 24.9 Å². The van der Waals surface area contributed by atoms with Crippen LogP contribution >= 0.6 is 0 Å². The van der Waals surface area contributed by atoms with E-state index in [1.165, 1.54) is 0 Å². The van der Waals surface area contributed by atoms with Crippen molar-refractivity contribution >= 4 is 17.3 Å². The van der Waals surface area contributed by atoms with E-state index in [0.717, 1.165) is 23.6 Å². The van der Waals surface area contributed by atoms with Crippen LogP contribution in [0, 0.1) is 11.8 Å². The van der Waals surface area contributed by atoms with Gasteiger partial charge in [-0.2, -0.15) is 4.98 Å². The highest BCUT2D eigenvalue weighted by atomic mass is 16.5. The number of para-hydroxylation sites is 2. The van der Waals surface area contributed by atoms with Gasteiger partial charge in [0.25, 0.3) is 0 Å². The summed E-state index contributed by atoms with van der Waals surface area (Å²) in [5, 5.41) is 7.01. The second-order valence-corrected chi connectivity index (χ2v) is 6.49. The lowest BCUT2D eigenvalue weighted by molar-refractivity contribution is -0.119. The van der Waals surface area contributed by atoms with Gasteiger partial charge < -0.3 is 14.7 Å². The quantitative estimate of drug-likeness (QED) is 0.939. The topological polar surface area (TPSA) is 71.3 Å². The van der Waals surface area contributed by atoms with E-state index in [1.54, 1.807) is 0 Å². The van der Waals surface area contributed by atoms with Crippen LogP contribution in [-0.2, 0) is 17.8 Å². The summed E-state index contributed by atoms with van der Waals surface area (Å²) in [7, 11) is 0. The average molecular weight is 314 g/mol. The summed E-state index contributed by atoms with van der Waals surface area (Å²) < 4.78 is 5.38. The largest absolute Gasteiger partial charge is 0.360 e. The van der Waals surface area contributed by atoms with E-state index in [2.05, 4.69) is 34.2 Å². The third kappa shape index (κ3) is 3.52. The number of benzene rings is 1. The molecule has 122 valence electrons. The summed E-state index contributed by atoms with van der Waals surface area (Å²) in [4.78, 5) is 18.7. The molecule has 6 nitrogen and oxygen atoms in total. The van der Waals surface area contributed by atoms with Crippen molar-refractivity contribution in [1.82, 2.24) is 10.1 Å². The Balaban J connectivity index is 1.83. The van der Waals surface area contributed by atoms with Gasteiger partial charge in [-0.1, -0.05) is 38.1 Å². The smallest absolute Gasteiger partial charge is 0.246 e. The number of anilines is 2. The van der Waals surface area contributed by atoms with Crippen molar-refractivity contribution in [1.29, 1.82) is 0 Å². The minimum absolute atomic E-state index is 0.0333. The Morgan fingerprint density at radius 1 is 1.39 bits per heavy atom. The summed E-state index contributed by atoms with van der Waals surface area (Å²) in [6, 6.07) is 7.79. The van der Waals surface area contributed by atoms with Crippen molar-refractivity contribution in [2.45, 2.75) is 33.7 Å². The fraction of sp³-hybridized carbons (Fsp3) is 0.471. The van der Waals surface area contributed by atoms with Gasteiger partial charge in [0.2, 0.25) is 11.8 Å². The molecule has 1 aromatic carbocycles. The predicted octanol–water partition coefficient (Wildman–Crippen LogP) is 2.86. The zero-order valence-corrected chi connectivity index (χ0v) is 13.7. The second-order valence-electron chi connectivity index (χ2n) is 6.49. The van der Waals surface area contributed by atoms with E-state index < -0.39 is 0 Å². The van der Waals surface area contributed by atoms with E-state index in [-0.39, 0.29) is 11.8 Å². The molecule has 6 heteroatoms. The molecule has 1 unspecified atom stereocenters. The maximum Gasteiger partial charge on any atom is 0.246 e. The summed E-state index contributed by atoms with van der Waals surface area (Å²) in [5.41, 5.74) is 1.80. The van der Waals surface area contributed by atoms with Gasteiger partial charge in [-0.3, -0.25) is 4.79 Å². The molecule has 0 saturated heterocycles. The van der Waals surface area contributed by atoms with Crippen molar-refractivity contribution in [3.63, 3.8) is 0 Å². The van der Waals surface area contributed by atoms with Crippen LogP contribution in [0.3, 0.4) is 0 Å². The Bertz CT molecular complexity index is 695. The van der Waals surface area contributed by atoms with Crippen molar-refractivity contribution in [2.24, 2.45) is 11.8 Å². The third-order valence-electron chi connectivity index (χ3n) is 3.87. The highest BCUT2D eigenvalue weighted by Gasteiger charge is 2.25. The maximum absolute atomic E-state index is 12.1. The van der Waals surface area contributed by atoms with Crippen molar-refractivity contribution in [3.05, 3.63) is 36.0 Å². The van der Waals surface area contributed by atoms with Crippen LogP contribution < -0.4 is 10.2 Å². The van der Waals surface area contributed by atoms with Gasteiger partial charge in [-0.25, -0.2) is 0 Å². The van der Waals surface area contributed by atoms with Crippen molar-refractivity contribution in [3.8, 4) is 0 Å². The summed E-state index contributed by atoms with van der Waals surface area (Å²) in [6.45, 7) is 7.29. The van der Waals surface area contributed by atoms with Gasteiger partial charge in [-0.15, -0.1) is 0 Å². The van der Waals surface area contributed by atoms with Crippen LogP contribution in [0.5, 0.6) is 0 Å². The monoisotopic (exact) mass is 314 g/mol. The van der Waals surface area contributed by atoms with Gasteiger partial charge in [-0.05, 0) is 18.1 Å². The number of carbonyl (C=O) groups excluding carboxylic acids is 1. The number of aromatic nitrogens is 2. The zero-order chi connectivity index (χ0) is 16.4. The van der Waals surface area contributed by atoms with E-state index in [9.17, 15) is 4.79 Å². The molecule has 1 N–H and O–H groups in total. The summed E-state index contributed by atoms with van der Waals surface area (Å²) in [5.74, 6) is 1.73. The first-order chi connectivity index (χ1) is 11.0. The number of fused-ring (bicyclic) bond motifs is 1. The molecule has 0 aliphatic carbocycles. The lowest BCUT2D eigenvalue weighted by Crippen LogP contribution is -2.30.